The Morgan fingerprint density at radius 1 is 1.29 bits per heavy atom. The third-order valence-electron chi connectivity index (χ3n) is 2.54. The van der Waals surface area contributed by atoms with Gasteiger partial charge < -0.3 is 14.2 Å². The molecule has 1 aliphatic heterocycles. The first-order valence-electron chi connectivity index (χ1n) is 5.09. The van der Waals surface area contributed by atoms with E-state index in [4.69, 9.17) is 25.8 Å². The van der Waals surface area contributed by atoms with E-state index in [1.54, 1.807) is 26.4 Å². The molecule has 0 saturated heterocycles. The minimum Gasteiger partial charge on any atom is -0.496 e. The molecule has 1 heterocycles. The Labute approximate surface area is 105 Å². The number of fused-ring (bicyclic) bond motifs is 1. The number of ether oxygens (including phenoxy) is 3. The monoisotopic (exact) mass is 252 g/mol. The van der Waals surface area contributed by atoms with Crippen LogP contribution in [0.4, 0.5) is 0 Å². The van der Waals surface area contributed by atoms with Crippen LogP contribution in [0.5, 0.6) is 17.2 Å². The van der Waals surface area contributed by atoms with Crippen molar-refractivity contribution in [2.45, 2.75) is 0 Å². The highest BCUT2D eigenvalue weighted by Crippen LogP contribution is 2.42. The number of hydrogen-bond donors (Lipinski definition) is 0. The lowest BCUT2D eigenvalue weighted by Crippen LogP contribution is -2.05. The minimum atomic E-state index is 0.373. The van der Waals surface area contributed by atoms with Crippen LogP contribution in [0.2, 0.25) is 0 Å². The van der Waals surface area contributed by atoms with Crippen LogP contribution in [-0.4, -0.2) is 20.1 Å². The van der Waals surface area contributed by atoms with Gasteiger partial charge in [0, 0.05) is 18.0 Å². The van der Waals surface area contributed by atoms with E-state index in [0.29, 0.717) is 28.9 Å². The van der Waals surface area contributed by atoms with Crippen molar-refractivity contribution in [2.75, 3.05) is 20.1 Å². The molecule has 0 fully saturated rings. The van der Waals surface area contributed by atoms with Gasteiger partial charge >= 0.3 is 0 Å². The Morgan fingerprint density at radius 3 is 2.65 bits per heavy atom. The second kappa shape index (κ2) is 4.72. The van der Waals surface area contributed by atoms with Crippen LogP contribution >= 0.6 is 11.6 Å². The van der Waals surface area contributed by atoms with Crippen LogP contribution in [0.15, 0.2) is 30.5 Å². The van der Waals surface area contributed by atoms with Gasteiger partial charge in [-0.2, -0.15) is 0 Å². The maximum Gasteiger partial charge on any atom is 0.142 e. The first kappa shape index (κ1) is 11.9. The van der Waals surface area contributed by atoms with Gasteiger partial charge in [0.1, 0.15) is 23.0 Å². The third-order valence-corrected chi connectivity index (χ3v) is 2.82. The fourth-order valence-electron chi connectivity index (χ4n) is 1.78. The van der Waals surface area contributed by atoms with Crippen molar-refractivity contribution in [2.24, 2.45) is 0 Å². The number of halogens is 1. The van der Waals surface area contributed by atoms with E-state index in [0.717, 1.165) is 11.1 Å². The number of alkyl halides is 1. The molecule has 3 nitrogen and oxygen atoms in total. The predicted molar refractivity (Wildman–Crippen MR) is 68.0 cm³/mol. The van der Waals surface area contributed by atoms with Crippen LogP contribution in [0.3, 0.4) is 0 Å². The molecule has 0 aromatic heterocycles. The summed E-state index contributed by atoms with van der Waals surface area (Å²) in [7, 11) is 3.20. The van der Waals surface area contributed by atoms with Crippen molar-refractivity contribution in [1.29, 1.82) is 0 Å². The Kier molecular flexibility index (Phi) is 3.29. The molecular weight excluding hydrogens is 240 g/mol. The summed E-state index contributed by atoms with van der Waals surface area (Å²) in [6, 6.07) is 3.60. The summed E-state index contributed by atoms with van der Waals surface area (Å²) in [6.07, 6.45) is 1.81. The lowest BCUT2D eigenvalue weighted by atomic mass is 10.0. The van der Waals surface area contributed by atoms with Gasteiger partial charge in [0.25, 0.3) is 0 Å². The van der Waals surface area contributed by atoms with E-state index in [2.05, 4.69) is 6.58 Å². The zero-order valence-corrected chi connectivity index (χ0v) is 10.5. The number of benzene rings is 1. The molecule has 90 valence electrons. The number of methoxy groups -OCH3 is 2. The summed E-state index contributed by atoms with van der Waals surface area (Å²) in [5, 5.41) is 0. The van der Waals surface area contributed by atoms with Crippen molar-refractivity contribution >= 4 is 17.2 Å². The summed E-state index contributed by atoms with van der Waals surface area (Å²) >= 11 is 5.92. The first-order valence-corrected chi connectivity index (χ1v) is 5.62. The summed E-state index contributed by atoms with van der Waals surface area (Å²) < 4.78 is 16.1. The van der Waals surface area contributed by atoms with Crippen molar-refractivity contribution in [3.05, 3.63) is 36.1 Å². The quantitative estimate of drug-likeness (QED) is 0.773. The standard InChI is InChI=1S/C13H13ClO3/c1-8-4-9(7-14)13-11(16-3)5-10(15-2)6-12(13)17-8/h4-6H,1,7H2,2-3H3. The Balaban J connectivity index is 2.63. The fraction of sp³-hybridized carbons (Fsp3) is 0.231. The molecule has 1 aromatic carbocycles. The van der Waals surface area contributed by atoms with Crippen molar-refractivity contribution in [3.8, 4) is 17.2 Å². The molecule has 0 saturated carbocycles. The van der Waals surface area contributed by atoms with Gasteiger partial charge in [-0.25, -0.2) is 0 Å². The Morgan fingerprint density at radius 2 is 2.06 bits per heavy atom. The average Bonchev–Trinajstić information content (AvgIpc) is 2.35. The molecule has 1 aliphatic rings. The molecule has 0 unspecified atom stereocenters. The van der Waals surface area contributed by atoms with Crippen molar-refractivity contribution < 1.29 is 14.2 Å². The zero-order valence-electron chi connectivity index (χ0n) is 9.75. The second-order valence-corrected chi connectivity index (χ2v) is 3.84. The zero-order chi connectivity index (χ0) is 12.4. The smallest absolute Gasteiger partial charge is 0.142 e. The Bertz CT molecular complexity index is 492. The lowest BCUT2D eigenvalue weighted by Gasteiger charge is -2.21. The SMILES string of the molecule is C=C1C=C(CCl)c2c(OC)cc(OC)cc2O1. The molecule has 0 amide bonds. The van der Waals surface area contributed by atoms with E-state index < -0.39 is 0 Å². The molecule has 0 atom stereocenters. The van der Waals surface area contributed by atoms with Crippen LogP contribution in [0.1, 0.15) is 5.56 Å². The van der Waals surface area contributed by atoms with E-state index in [1.165, 1.54) is 0 Å². The van der Waals surface area contributed by atoms with Gasteiger partial charge in [0.05, 0.1) is 19.8 Å². The molecule has 2 rings (SSSR count). The highest BCUT2D eigenvalue weighted by atomic mass is 35.5. The molecule has 1 aromatic rings. The molecule has 0 aliphatic carbocycles. The molecule has 0 radical (unpaired) electrons. The fourth-order valence-corrected chi connectivity index (χ4v) is 2.00. The number of rotatable bonds is 3. The van der Waals surface area contributed by atoms with E-state index in [1.807, 2.05) is 6.08 Å². The topological polar surface area (TPSA) is 27.7 Å². The van der Waals surface area contributed by atoms with Gasteiger partial charge in [0.15, 0.2) is 0 Å². The van der Waals surface area contributed by atoms with Gasteiger partial charge in [-0.3, -0.25) is 0 Å². The summed E-state index contributed by atoms with van der Waals surface area (Å²) in [5.74, 6) is 2.94. The Hall–Kier alpha value is -1.61. The number of allylic oxidation sites excluding steroid dienone is 2. The molecule has 4 heteroatoms. The van der Waals surface area contributed by atoms with Crippen LogP contribution in [0, 0.1) is 0 Å². The third kappa shape index (κ3) is 2.11. The van der Waals surface area contributed by atoms with Crippen molar-refractivity contribution in [1.82, 2.24) is 0 Å². The van der Waals surface area contributed by atoms with Crippen LogP contribution < -0.4 is 14.2 Å². The normalized spacial score (nSPS) is 13.6. The second-order valence-electron chi connectivity index (χ2n) is 3.57. The summed E-state index contributed by atoms with van der Waals surface area (Å²) in [6.45, 7) is 3.78. The van der Waals surface area contributed by atoms with Crippen LogP contribution in [0.25, 0.3) is 5.57 Å². The highest BCUT2D eigenvalue weighted by Gasteiger charge is 2.21. The van der Waals surface area contributed by atoms with E-state index in [9.17, 15) is 0 Å². The largest absolute Gasteiger partial charge is 0.496 e. The molecule has 17 heavy (non-hydrogen) atoms. The van der Waals surface area contributed by atoms with Gasteiger partial charge in [-0.15, -0.1) is 11.6 Å². The molecule has 0 bridgehead atoms. The van der Waals surface area contributed by atoms with Crippen molar-refractivity contribution in [3.63, 3.8) is 0 Å². The minimum absolute atomic E-state index is 0.373. The first-order chi connectivity index (χ1) is 8.19. The lowest BCUT2D eigenvalue weighted by molar-refractivity contribution is 0.379. The van der Waals surface area contributed by atoms with Gasteiger partial charge in [-0.1, -0.05) is 6.58 Å². The summed E-state index contributed by atoms with van der Waals surface area (Å²) in [5.41, 5.74) is 1.79. The average molecular weight is 253 g/mol. The van der Waals surface area contributed by atoms with E-state index in [-0.39, 0.29) is 0 Å². The van der Waals surface area contributed by atoms with Gasteiger partial charge in [0.2, 0.25) is 0 Å². The summed E-state index contributed by atoms with van der Waals surface area (Å²) in [4.78, 5) is 0. The van der Waals surface area contributed by atoms with E-state index >= 15 is 0 Å². The van der Waals surface area contributed by atoms with Crippen LogP contribution in [-0.2, 0) is 0 Å². The maximum absolute atomic E-state index is 5.92. The predicted octanol–water partition coefficient (Wildman–Crippen LogP) is 3.23. The number of hydrogen-bond acceptors (Lipinski definition) is 3. The van der Waals surface area contributed by atoms with Gasteiger partial charge in [-0.05, 0) is 11.6 Å². The highest BCUT2D eigenvalue weighted by molar-refractivity contribution is 6.23. The molecule has 0 spiro atoms. The molecular formula is C13H13ClO3. The molecule has 0 N–H and O–H groups in total. The maximum atomic E-state index is 5.92.